The summed E-state index contributed by atoms with van der Waals surface area (Å²) in [5.74, 6) is -4.93. The van der Waals surface area contributed by atoms with E-state index in [4.69, 9.17) is 0 Å². The van der Waals surface area contributed by atoms with E-state index < -0.39 is 18.1 Å². The standard InChI is InChI=1S/C10H13F5O2/c1-6(2)7(3)16-9(5,13)17-10(14,15)8(4,11)12/h1,3H2,2,4-5H3. The van der Waals surface area contributed by atoms with Crippen LogP contribution >= 0.6 is 0 Å². The van der Waals surface area contributed by atoms with Gasteiger partial charge in [0.2, 0.25) is 0 Å². The minimum absolute atomic E-state index is 0.101. The molecule has 0 aliphatic rings. The van der Waals surface area contributed by atoms with Crippen LogP contribution in [0.5, 0.6) is 0 Å². The Morgan fingerprint density at radius 2 is 1.41 bits per heavy atom. The van der Waals surface area contributed by atoms with Gasteiger partial charge in [0, 0.05) is 13.8 Å². The number of hydrogen-bond donors (Lipinski definition) is 0. The molecule has 17 heavy (non-hydrogen) atoms. The Morgan fingerprint density at radius 1 is 1.00 bits per heavy atom. The van der Waals surface area contributed by atoms with Crippen LogP contribution in [0.1, 0.15) is 20.8 Å². The van der Waals surface area contributed by atoms with Gasteiger partial charge in [-0.05, 0) is 12.5 Å². The van der Waals surface area contributed by atoms with Crippen LogP contribution in [-0.2, 0) is 9.47 Å². The van der Waals surface area contributed by atoms with Gasteiger partial charge in [-0.25, -0.2) is 4.74 Å². The van der Waals surface area contributed by atoms with Gasteiger partial charge in [-0.1, -0.05) is 13.2 Å². The van der Waals surface area contributed by atoms with Crippen molar-refractivity contribution in [2.24, 2.45) is 0 Å². The van der Waals surface area contributed by atoms with Gasteiger partial charge < -0.3 is 4.74 Å². The van der Waals surface area contributed by atoms with Crippen molar-refractivity contribution in [3.05, 3.63) is 24.5 Å². The summed E-state index contributed by atoms with van der Waals surface area (Å²) < 4.78 is 71.2. The van der Waals surface area contributed by atoms with Gasteiger partial charge in [0.15, 0.2) is 0 Å². The summed E-state index contributed by atoms with van der Waals surface area (Å²) in [4.78, 5) is 0. The van der Waals surface area contributed by atoms with Crippen LogP contribution in [0.25, 0.3) is 0 Å². The number of hydrogen-bond acceptors (Lipinski definition) is 2. The lowest BCUT2D eigenvalue weighted by atomic mass is 10.3. The first-order valence-corrected chi connectivity index (χ1v) is 4.47. The lowest BCUT2D eigenvalue weighted by Gasteiger charge is -2.30. The summed E-state index contributed by atoms with van der Waals surface area (Å²) in [6.07, 6.45) is -5.01. The fraction of sp³-hybridized carbons (Fsp3) is 0.600. The van der Waals surface area contributed by atoms with Crippen molar-refractivity contribution < 1.29 is 31.4 Å². The molecule has 100 valence electrons. The predicted molar refractivity (Wildman–Crippen MR) is 51.2 cm³/mol. The second-order valence-electron chi connectivity index (χ2n) is 3.65. The molecule has 0 radical (unpaired) electrons. The molecule has 0 aromatic rings. The van der Waals surface area contributed by atoms with Crippen molar-refractivity contribution in [2.75, 3.05) is 0 Å². The zero-order valence-electron chi connectivity index (χ0n) is 9.62. The van der Waals surface area contributed by atoms with E-state index >= 15 is 0 Å². The Hall–Kier alpha value is -1.11. The molecule has 0 aromatic heterocycles. The van der Waals surface area contributed by atoms with E-state index in [1.54, 1.807) is 0 Å². The molecule has 1 atom stereocenters. The molecule has 0 heterocycles. The molecule has 0 amide bonds. The molecule has 0 rings (SSSR count). The Morgan fingerprint density at radius 3 is 1.71 bits per heavy atom. The molecule has 0 bridgehead atoms. The van der Waals surface area contributed by atoms with Gasteiger partial charge >= 0.3 is 18.1 Å². The van der Waals surface area contributed by atoms with E-state index in [1.165, 1.54) is 6.92 Å². The third-order valence-corrected chi connectivity index (χ3v) is 1.60. The first kappa shape index (κ1) is 15.9. The van der Waals surface area contributed by atoms with E-state index in [0.29, 0.717) is 6.92 Å². The normalized spacial score (nSPS) is 16.2. The first-order chi connectivity index (χ1) is 7.28. The second kappa shape index (κ2) is 4.64. The highest BCUT2D eigenvalue weighted by molar-refractivity contribution is 5.16. The number of alkyl halides is 5. The summed E-state index contributed by atoms with van der Waals surface area (Å²) in [6, 6.07) is -3.45. The summed E-state index contributed by atoms with van der Waals surface area (Å²) in [5, 5.41) is 0. The Labute approximate surface area is 95.7 Å². The lowest BCUT2D eigenvalue weighted by molar-refractivity contribution is -0.442. The van der Waals surface area contributed by atoms with Crippen molar-refractivity contribution in [1.82, 2.24) is 0 Å². The minimum atomic E-state index is -5.01. The third-order valence-electron chi connectivity index (χ3n) is 1.60. The van der Waals surface area contributed by atoms with Crippen LogP contribution in [0.15, 0.2) is 24.5 Å². The summed E-state index contributed by atoms with van der Waals surface area (Å²) >= 11 is 0. The molecule has 0 aromatic carbocycles. The highest BCUT2D eigenvalue weighted by Crippen LogP contribution is 2.39. The number of rotatable bonds is 6. The smallest absolute Gasteiger partial charge is 0.424 e. The molecular weight excluding hydrogens is 247 g/mol. The molecule has 0 saturated heterocycles. The first-order valence-electron chi connectivity index (χ1n) is 4.47. The Kier molecular flexibility index (Phi) is 4.33. The van der Waals surface area contributed by atoms with Crippen LogP contribution < -0.4 is 0 Å². The fourth-order valence-electron chi connectivity index (χ4n) is 0.647. The molecule has 2 nitrogen and oxygen atoms in total. The Balaban J connectivity index is 4.77. The molecule has 7 heteroatoms. The predicted octanol–water partition coefficient (Wildman–Crippen LogP) is 4.00. The zero-order valence-corrected chi connectivity index (χ0v) is 9.62. The van der Waals surface area contributed by atoms with E-state index in [2.05, 4.69) is 22.6 Å². The molecule has 0 spiro atoms. The van der Waals surface area contributed by atoms with Crippen molar-refractivity contribution in [3.63, 3.8) is 0 Å². The molecule has 1 unspecified atom stereocenters. The van der Waals surface area contributed by atoms with Gasteiger partial charge in [-0.3, -0.25) is 0 Å². The summed E-state index contributed by atoms with van der Waals surface area (Å²) in [5.41, 5.74) is 0.143. The highest BCUT2D eigenvalue weighted by atomic mass is 19.3. The van der Waals surface area contributed by atoms with Crippen molar-refractivity contribution in [1.29, 1.82) is 0 Å². The average Bonchev–Trinajstić information content (AvgIpc) is 1.97. The molecule has 0 aliphatic carbocycles. The summed E-state index contributed by atoms with van der Waals surface area (Å²) in [6.45, 7) is 8.14. The zero-order chi connectivity index (χ0) is 14.1. The Bertz CT molecular complexity index is 317. The van der Waals surface area contributed by atoms with Crippen LogP contribution in [0, 0.1) is 0 Å². The highest BCUT2D eigenvalue weighted by Gasteiger charge is 2.58. The van der Waals surface area contributed by atoms with E-state index in [-0.39, 0.29) is 18.3 Å². The SMILES string of the molecule is C=C(C)C(=C)OC(C)(F)OC(F)(F)C(C)(F)F. The fourth-order valence-corrected chi connectivity index (χ4v) is 0.647. The second-order valence-corrected chi connectivity index (χ2v) is 3.65. The van der Waals surface area contributed by atoms with Gasteiger partial charge in [-0.15, -0.1) is 0 Å². The van der Waals surface area contributed by atoms with Crippen LogP contribution in [0.3, 0.4) is 0 Å². The maximum Gasteiger partial charge on any atom is 0.424 e. The maximum atomic E-state index is 13.4. The monoisotopic (exact) mass is 260 g/mol. The number of ether oxygens (including phenoxy) is 2. The van der Waals surface area contributed by atoms with Crippen LogP contribution in [0.4, 0.5) is 22.0 Å². The van der Waals surface area contributed by atoms with Gasteiger partial charge in [0.25, 0.3) is 0 Å². The van der Waals surface area contributed by atoms with Crippen molar-refractivity contribution >= 4 is 0 Å². The summed E-state index contributed by atoms with van der Waals surface area (Å²) in [7, 11) is 0. The van der Waals surface area contributed by atoms with Crippen molar-refractivity contribution in [3.8, 4) is 0 Å². The molecule has 0 fully saturated rings. The average molecular weight is 260 g/mol. The third kappa shape index (κ3) is 4.72. The molecular formula is C10H13F5O2. The van der Waals surface area contributed by atoms with Gasteiger partial charge in [-0.2, -0.15) is 22.0 Å². The van der Waals surface area contributed by atoms with E-state index in [0.717, 1.165) is 0 Å². The van der Waals surface area contributed by atoms with Crippen LogP contribution in [-0.4, -0.2) is 18.1 Å². The minimum Gasteiger partial charge on any atom is -0.436 e. The van der Waals surface area contributed by atoms with E-state index in [9.17, 15) is 22.0 Å². The quantitative estimate of drug-likeness (QED) is 0.311. The van der Waals surface area contributed by atoms with Gasteiger partial charge in [0.05, 0.1) is 0 Å². The number of halogens is 5. The topological polar surface area (TPSA) is 18.5 Å². The van der Waals surface area contributed by atoms with Crippen molar-refractivity contribution in [2.45, 2.75) is 38.8 Å². The number of allylic oxidation sites excluding steroid dienone is 1. The van der Waals surface area contributed by atoms with Gasteiger partial charge in [0.1, 0.15) is 5.76 Å². The molecule has 0 aliphatic heterocycles. The van der Waals surface area contributed by atoms with Crippen LogP contribution in [0.2, 0.25) is 0 Å². The molecule has 0 saturated carbocycles. The maximum absolute atomic E-state index is 13.4. The largest absolute Gasteiger partial charge is 0.436 e. The van der Waals surface area contributed by atoms with E-state index in [1.807, 2.05) is 0 Å². The lowest BCUT2D eigenvalue weighted by Crippen LogP contribution is -2.46. The molecule has 0 N–H and O–H groups in total.